The molecule has 2 N–H and O–H groups in total. The van der Waals surface area contributed by atoms with E-state index in [1.54, 1.807) is 6.20 Å². The predicted octanol–water partition coefficient (Wildman–Crippen LogP) is 2.80. The summed E-state index contributed by atoms with van der Waals surface area (Å²) in [6, 6.07) is 2.24. The quantitative estimate of drug-likeness (QED) is 0.871. The highest BCUT2D eigenvalue weighted by molar-refractivity contribution is 5.98. The molecule has 3 saturated carbocycles. The Labute approximate surface area is 157 Å². The molecule has 2 aromatic rings. The molecule has 4 fully saturated rings. The molecule has 138 valence electrons. The lowest BCUT2D eigenvalue weighted by Crippen LogP contribution is -2.26. The van der Waals surface area contributed by atoms with Crippen LogP contribution in [0, 0.1) is 34.0 Å². The summed E-state index contributed by atoms with van der Waals surface area (Å²) in [7, 11) is 0. The first-order valence-electron chi connectivity index (χ1n) is 9.92. The number of carbonyl (C=O) groups excluding carboxylic acids is 1. The zero-order chi connectivity index (χ0) is 18.4. The summed E-state index contributed by atoms with van der Waals surface area (Å²) < 4.78 is 0. The van der Waals surface area contributed by atoms with Gasteiger partial charge in [-0.3, -0.25) is 10.1 Å². The fourth-order valence-electron chi connectivity index (χ4n) is 5.32. The highest BCUT2D eigenvalue weighted by Crippen LogP contribution is 2.70. The highest BCUT2D eigenvalue weighted by Gasteiger charge is 2.66. The maximum Gasteiger partial charge on any atom is 0.233 e. The summed E-state index contributed by atoms with van der Waals surface area (Å²) in [6.45, 7) is 4.19. The molecule has 1 spiro atoms. The maximum atomic E-state index is 12.5. The molecule has 3 heterocycles. The van der Waals surface area contributed by atoms with Gasteiger partial charge in [0.15, 0.2) is 0 Å². The van der Waals surface area contributed by atoms with Crippen molar-refractivity contribution in [3.05, 3.63) is 11.8 Å². The molecule has 0 radical (unpaired) electrons. The van der Waals surface area contributed by atoms with Crippen LogP contribution < -0.4 is 10.2 Å². The van der Waals surface area contributed by atoms with Gasteiger partial charge in [-0.05, 0) is 48.9 Å². The number of fused-ring (bicyclic) bond motifs is 2. The Morgan fingerprint density at radius 3 is 2.96 bits per heavy atom. The van der Waals surface area contributed by atoms with Gasteiger partial charge in [0.25, 0.3) is 0 Å². The van der Waals surface area contributed by atoms with Crippen LogP contribution in [0.4, 0.5) is 11.8 Å². The van der Waals surface area contributed by atoms with E-state index < -0.39 is 0 Å². The Bertz CT molecular complexity index is 1030. The first-order chi connectivity index (χ1) is 13.1. The monoisotopic (exact) mass is 362 g/mol. The number of hydrogen-bond donors (Lipinski definition) is 2. The second-order valence-electron chi connectivity index (χ2n) is 9.01. The third kappa shape index (κ3) is 2.10. The summed E-state index contributed by atoms with van der Waals surface area (Å²) in [5.41, 5.74) is 1.90. The minimum absolute atomic E-state index is 0.0409. The molecule has 4 aliphatic rings. The predicted molar refractivity (Wildman–Crippen MR) is 100 cm³/mol. The molecule has 0 bridgehead atoms. The number of anilines is 2. The van der Waals surface area contributed by atoms with Gasteiger partial charge in [0.05, 0.1) is 10.9 Å². The topological polar surface area (TPSA) is 97.7 Å². The van der Waals surface area contributed by atoms with Gasteiger partial charge < -0.3 is 9.88 Å². The average Bonchev–Trinajstić information content (AvgIpc) is 3.64. The van der Waals surface area contributed by atoms with Crippen LogP contribution in [0.2, 0.25) is 0 Å². The van der Waals surface area contributed by atoms with Crippen LogP contribution in [-0.2, 0) is 4.79 Å². The number of aromatic nitrogens is 3. The van der Waals surface area contributed by atoms with Crippen LogP contribution >= 0.6 is 0 Å². The van der Waals surface area contributed by atoms with Crippen molar-refractivity contribution in [3.8, 4) is 6.07 Å². The van der Waals surface area contributed by atoms with Gasteiger partial charge in [-0.2, -0.15) is 15.2 Å². The van der Waals surface area contributed by atoms with Crippen LogP contribution in [0.15, 0.2) is 6.20 Å². The Morgan fingerprint density at radius 2 is 2.30 bits per heavy atom. The van der Waals surface area contributed by atoms with Gasteiger partial charge in [-0.25, -0.2) is 0 Å². The summed E-state index contributed by atoms with van der Waals surface area (Å²) in [4.78, 5) is 27.1. The standard InChI is InChI=1S/C20H22N6O/c1-2-19-5-12(19)9-26(10-19)16-14-11(7-21)8-22-15(14)23-18(24-16)25-17(27)13-6-20(13)3-4-20/h8,12-13H,2-6,9-10H2,1H3,(H2,22,23,24,25,27). The van der Waals surface area contributed by atoms with Gasteiger partial charge in [-0.15, -0.1) is 0 Å². The smallest absolute Gasteiger partial charge is 0.233 e. The van der Waals surface area contributed by atoms with E-state index in [1.807, 2.05) is 0 Å². The van der Waals surface area contributed by atoms with Crippen molar-refractivity contribution in [1.82, 2.24) is 15.0 Å². The van der Waals surface area contributed by atoms with Crippen molar-refractivity contribution < 1.29 is 4.79 Å². The molecule has 3 atom stereocenters. The van der Waals surface area contributed by atoms with E-state index in [1.165, 1.54) is 25.7 Å². The number of piperidine rings is 1. The van der Waals surface area contributed by atoms with Gasteiger partial charge in [0, 0.05) is 25.2 Å². The first-order valence-corrected chi connectivity index (χ1v) is 9.92. The zero-order valence-corrected chi connectivity index (χ0v) is 15.4. The Kier molecular flexibility index (Phi) is 2.75. The molecule has 3 aliphatic carbocycles. The average molecular weight is 362 g/mol. The number of nitriles is 1. The van der Waals surface area contributed by atoms with Crippen molar-refractivity contribution in [2.45, 2.75) is 39.0 Å². The Balaban J connectivity index is 1.37. The third-order valence-electron chi connectivity index (χ3n) is 7.58. The second-order valence-corrected chi connectivity index (χ2v) is 9.01. The lowest BCUT2D eigenvalue weighted by atomic mass is 10.0. The van der Waals surface area contributed by atoms with E-state index >= 15 is 0 Å². The van der Waals surface area contributed by atoms with E-state index in [-0.39, 0.29) is 11.8 Å². The van der Waals surface area contributed by atoms with Crippen LogP contribution in [0.5, 0.6) is 0 Å². The number of H-pyrrole nitrogens is 1. The number of aromatic amines is 1. The van der Waals surface area contributed by atoms with E-state index in [0.717, 1.165) is 36.6 Å². The normalized spacial score (nSPS) is 31.6. The molecule has 2 aromatic heterocycles. The summed E-state index contributed by atoms with van der Waals surface area (Å²) in [5, 5.41) is 13.2. The van der Waals surface area contributed by atoms with E-state index in [4.69, 9.17) is 4.98 Å². The van der Waals surface area contributed by atoms with Crippen molar-refractivity contribution in [3.63, 3.8) is 0 Å². The summed E-state index contributed by atoms with van der Waals surface area (Å²) >= 11 is 0. The fraction of sp³-hybridized carbons (Fsp3) is 0.600. The van der Waals surface area contributed by atoms with E-state index in [0.29, 0.717) is 28.0 Å². The third-order valence-corrected chi connectivity index (χ3v) is 7.58. The number of carbonyl (C=O) groups is 1. The Hall–Kier alpha value is -2.62. The summed E-state index contributed by atoms with van der Waals surface area (Å²) in [6.07, 6.45) is 7.50. The summed E-state index contributed by atoms with van der Waals surface area (Å²) in [5.74, 6) is 2.02. The van der Waals surface area contributed by atoms with Gasteiger partial charge >= 0.3 is 0 Å². The minimum atomic E-state index is 0.0409. The highest BCUT2D eigenvalue weighted by atomic mass is 16.2. The number of hydrogen-bond acceptors (Lipinski definition) is 5. The van der Waals surface area contributed by atoms with E-state index in [9.17, 15) is 10.1 Å². The van der Waals surface area contributed by atoms with Crippen molar-refractivity contribution in [2.24, 2.45) is 22.7 Å². The largest absolute Gasteiger partial charge is 0.355 e. The molecule has 0 aromatic carbocycles. The molecule has 1 aliphatic heterocycles. The molecule has 7 nitrogen and oxygen atoms in total. The van der Waals surface area contributed by atoms with Gasteiger partial charge in [0.1, 0.15) is 17.5 Å². The maximum absolute atomic E-state index is 12.5. The minimum Gasteiger partial charge on any atom is -0.355 e. The molecule has 7 heteroatoms. The van der Waals surface area contributed by atoms with Crippen LogP contribution in [0.3, 0.4) is 0 Å². The lowest BCUT2D eigenvalue weighted by Gasteiger charge is -2.23. The molecule has 6 rings (SSSR count). The first kappa shape index (κ1) is 15.4. The number of amides is 1. The fourth-order valence-corrected chi connectivity index (χ4v) is 5.32. The molecular weight excluding hydrogens is 340 g/mol. The van der Waals surface area contributed by atoms with Gasteiger partial charge in [-0.1, -0.05) is 6.92 Å². The van der Waals surface area contributed by atoms with E-state index in [2.05, 4.69) is 33.2 Å². The van der Waals surface area contributed by atoms with Crippen LogP contribution in [0.25, 0.3) is 11.0 Å². The molecule has 3 unspecified atom stereocenters. The molecular formula is C20H22N6O. The Morgan fingerprint density at radius 1 is 1.44 bits per heavy atom. The second kappa shape index (κ2) is 4.80. The molecule has 27 heavy (non-hydrogen) atoms. The number of rotatable bonds is 4. The number of nitrogens with one attached hydrogen (secondary N) is 2. The van der Waals surface area contributed by atoms with Crippen molar-refractivity contribution in [2.75, 3.05) is 23.3 Å². The van der Waals surface area contributed by atoms with Crippen LogP contribution in [-0.4, -0.2) is 33.9 Å². The lowest BCUT2D eigenvalue weighted by molar-refractivity contribution is -0.117. The molecule has 1 amide bonds. The van der Waals surface area contributed by atoms with Crippen LogP contribution in [0.1, 0.15) is 44.6 Å². The van der Waals surface area contributed by atoms with Crippen molar-refractivity contribution >= 4 is 28.7 Å². The zero-order valence-electron chi connectivity index (χ0n) is 15.4. The van der Waals surface area contributed by atoms with Gasteiger partial charge in [0.2, 0.25) is 11.9 Å². The van der Waals surface area contributed by atoms with Crippen molar-refractivity contribution in [1.29, 1.82) is 5.26 Å². The SMILES string of the molecule is CCC12CC1CN(c1nc(NC(=O)C3CC34CC4)nc3[nH]cc(C#N)c13)C2. The molecule has 1 saturated heterocycles. The number of nitrogens with zero attached hydrogens (tertiary/aromatic N) is 4.